The SMILES string of the molecule is CCCCCCC/C=C\C/C=C\CCCCCCCCCCCCCC(=O)OC(COC(=O)CCCCCCCCC/C=C\CCCCCCCC)COP(=O)(O)OCCN. The Balaban J connectivity index is 4.04. The third-order valence-electron chi connectivity index (χ3n) is 11.0. The molecule has 0 aromatic rings. The van der Waals surface area contributed by atoms with Crippen molar-refractivity contribution in [3.8, 4) is 0 Å². The van der Waals surface area contributed by atoms with Gasteiger partial charge in [-0.3, -0.25) is 18.6 Å². The zero-order chi connectivity index (χ0) is 44.6. The molecule has 0 fully saturated rings. The van der Waals surface area contributed by atoms with Gasteiger partial charge in [0.2, 0.25) is 0 Å². The highest BCUT2D eigenvalue weighted by molar-refractivity contribution is 7.47. The first-order valence-corrected chi connectivity index (χ1v) is 27.0. The van der Waals surface area contributed by atoms with Crippen LogP contribution in [0.2, 0.25) is 0 Å². The maximum Gasteiger partial charge on any atom is 0.472 e. The second kappa shape index (κ2) is 47.7. The molecular formula is C51H96NO8P. The van der Waals surface area contributed by atoms with E-state index in [1.807, 2.05) is 0 Å². The van der Waals surface area contributed by atoms with E-state index in [1.54, 1.807) is 0 Å². The average Bonchev–Trinajstić information content (AvgIpc) is 3.25. The van der Waals surface area contributed by atoms with Crippen molar-refractivity contribution in [2.45, 2.75) is 251 Å². The number of hydrogen-bond donors (Lipinski definition) is 2. The molecule has 9 nitrogen and oxygen atoms in total. The van der Waals surface area contributed by atoms with Crippen LogP contribution in [0.25, 0.3) is 0 Å². The van der Waals surface area contributed by atoms with Crippen molar-refractivity contribution in [1.82, 2.24) is 0 Å². The molecule has 0 radical (unpaired) electrons. The Morgan fingerprint density at radius 1 is 0.492 bits per heavy atom. The Kier molecular flexibility index (Phi) is 46.3. The number of hydrogen-bond acceptors (Lipinski definition) is 8. The maximum atomic E-state index is 12.6. The first kappa shape index (κ1) is 59.2. The van der Waals surface area contributed by atoms with Crippen LogP contribution in [0.4, 0.5) is 0 Å². The third kappa shape index (κ3) is 47.5. The van der Waals surface area contributed by atoms with Gasteiger partial charge in [0.05, 0.1) is 13.2 Å². The van der Waals surface area contributed by atoms with Crippen molar-refractivity contribution in [2.24, 2.45) is 5.73 Å². The van der Waals surface area contributed by atoms with Crippen LogP contribution in [-0.2, 0) is 32.7 Å². The van der Waals surface area contributed by atoms with Crippen LogP contribution in [0.15, 0.2) is 36.5 Å². The van der Waals surface area contributed by atoms with Gasteiger partial charge in [-0.05, 0) is 70.6 Å². The zero-order valence-corrected chi connectivity index (χ0v) is 40.5. The Morgan fingerprint density at radius 3 is 1.26 bits per heavy atom. The van der Waals surface area contributed by atoms with E-state index < -0.39 is 26.5 Å². The van der Waals surface area contributed by atoms with Crippen LogP contribution >= 0.6 is 7.82 Å². The van der Waals surface area contributed by atoms with Gasteiger partial charge in [0, 0.05) is 19.4 Å². The summed E-state index contributed by atoms with van der Waals surface area (Å²) in [6, 6.07) is 0. The number of ether oxygens (including phenoxy) is 2. The minimum Gasteiger partial charge on any atom is -0.462 e. The molecule has 0 aromatic heterocycles. The van der Waals surface area contributed by atoms with Gasteiger partial charge in [-0.25, -0.2) is 4.57 Å². The molecule has 0 rings (SSSR count). The van der Waals surface area contributed by atoms with Crippen molar-refractivity contribution in [1.29, 1.82) is 0 Å². The number of rotatable bonds is 48. The van der Waals surface area contributed by atoms with Crippen molar-refractivity contribution >= 4 is 19.8 Å². The number of unbranched alkanes of at least 4 members (excludes halogenated alkanes) is 29. The summed E-state index contributed by atoms with van der Waals surface area (Å²) in [5.74, 6) is -0.828. The van der Waals surface area contributed by atoms with Crippen LogP contribution in [-0.4, -0.2) is 49.3 Å². The predicted octanol–water partition coefficient (Wildman–Crippen LogP) is 15.3. The summed E-state index contributed by atoms with van der Waals surface area (Å²) in [5.41, 5.74) is 5.37. The summed E-state index contributed by atoms with van der Waals surface area (Å²) in [7, 11) is -4.38. The van der Waals surface area contributed by atoms with E-state index in [9.17, 15) is 19.0 Å². The van der Waals surface area contributed by atoms with Crippen molar-refractivity contribution in [3.05, 3.63) is 36.5 Å². The highest BCUT2D eigenvalue weighted by Gasteiger charge is 2.26. The van der Waals surface area contributed by atoms with Crippen LogP contribution < -0.4 is 5.73 Å². The number of allylic oxidation sites excluding steroid dienone is 6. The van der Waals surface area contributed by atoms with Gasteiger partial charge in [-0.15, -0.1) is 0 Å². The topological polar surface area (TPSA) is 134 Å². The second-order valence-electron chi connectivity index (χ2n) is 17.0. The average molecular weight is 882 g/mol. The molecule has 61 heavy (non-hydrogen) atoms. The van der Waals surface area contributed by atoms with Crippen molar-refractivity contribution < 1.29 is 37.6 Å². The molecule has 2 atom stereocenters. The van der Waals surface area contributed by atoms with Gasteiger partial charge in [0.1, 0.15) is 6.61 Å². The number of phosphoric acid groups is 1. The first-order valence-electron chi connectivity index (χ1n) is 25.5. The van der Waals surface area contributed by atoms with Crippen molar-refractivity contribution in [3.63, 3.8) is 0 Å². The number of carbonyl (C=O) groups is 2. The van der Waals surface area contributed by atoms with Gasteiger partial charge in [0.15, 0.2) is 6.10 Å². The highest BCUT2D eigenvalue weighted by Crippen LogP contribution is 2.43. The Labute approximate surface area is 375 Å². The van der Waals surface area contributed by atoms with Gasteiger partial charge in [-0.1, -0.05) is 198 Å². The Morgan fingerprint density at radius 2 is 0.852 bits per heavy atom. The molecule has 0 bridgehead atoms. The van der Waals surface area contributed by atoms with Gasteiger partial charge < -0.3 is 20.1 Å². The fourth-order valence-electron chi connectivity index (χ4n) is 7.19. The molecule has 0 saturated heterocycles. The summed E-state index contributed by atoms with van der Waals surface area (Å²) < 4.78 is 32.9. The van der Waals surface area contributed by atoms with Gasteiger partial charge in [0.25, 0.3) is 0 Å². The Bertz CT molecular complexity index is 1100. The monoisotopic (exact) mass is 882 g/mol. The molecule has 0 spiro atoms. The summed E-state index contributed by atoms with van der Waals surface area (Å²) in [4.78, 5) is 35.0. The maximum absolute atomic E-state index is 12.6. The van der Waals surface area contributed by atoms with Crippen LogP contribution in [0.1, 0.15) is 245 Å². The number of nitrogens with two attached hydrogens (primary N) is 1. The quantitative estimate of drug-likeness (QED) is 0.0265. The molecule has 358 valence electrons. The summed E-state index contributed by atoms with van der Waals surface area (Å²) >= 11 is 0. The standard InChI is InChI=1S/C51H96NO8P/c1-3-5-7-9-11-13-15-17-19-21-22-23-24-25-26-28-30-32-34-36-38-40-42-44-51(54)60-49(48-59-61(55,56)58-46-45-52)47-57-50(53)43-41-39-37-35-33-31-29-27-20-18-16-14-12-10-8-6-4-2/h15,17-18,20-22,49H,3-14,16,19,23-48,52H2,1-2H3,(H,55,56)/b17-15-,20-18-,22-21-. The van der Waals surface area contributed by atoms with E-state index >= 15 is 0 Å². The van der Waals surface area contributed by atoms with E-state index in [0.29, 0.717) is 6.42 Å². The predicted molar refractivity (Wildman–Crippen MR) is 257 cm³/mol. The van der Waals surface area contributed by atoms with E-state index in [2.05, 4.69) is 50.3 Å². The highest BCUT2D eigenvalue weighted by atomic mass is 31.2. The van der Waals surface area contributed by atoms with Crippen molar-refractivity contribution in [2.75, 3.05) is 26.4 Å². The van der Waals surface area contributed by atoms with Crippen LogP contribution in [0.3, 0.4) is 0 Å². The van der Waals surface area contributed by atoms with E-state index in [-0.39, 0.29) is 38.6 Å². The molecule has 0 amide bonds. The lowest BCUT2D eigenvalue weighted by atomic mass is 10.0. The number of phosphoric ester groups is 1. The lowest BCUT2D eigenvalue weighted by Gasteiger charge is -2.19. The molecule has 0 aliphatic carbocycles. The van der Waals surface area contributed by atoms with E-state index in [0.717, 1.165) is 57.8 Å². The Hall–Kier alpha value is -1.77. The van der Waals surface area contributed by atoms with Gasteiger partial charge in [-0.2, -0.15) is 0 Å². The van der Waals surface area contributed by atoms with Gasteiger partial charge >= 0.3 is 19.8 Å². The van der Waals surface area contributed by atoms with E-state index in [4.69, 9.17) is 24.3 Å². The molecular weight excluding hydrogens is 786 g/mol. The lowest BCUT2D eigenvalue weighted by molar-refractivity contribution is -0.161. The lowest BCUT2D eigenvalue weighted by Crippen LogP contribution is -2.29. The fraction of sp³-hybridized carbons (Fsp3) is 0.843. The largest absolute Gasteiger partial charge is 0.472 e. The molecule has 0 heterocycles. The van der Waals surface area contributed by atoms with E-state index in [1.165, 1.54) is 154 Å². The minimum absolute atomic E-state index is 0.0528. The first-order chi connectivity index (χ1) is 29.8. The number of carbonyl (C=O) groups excluding carboxylic acids is 2. The minimum atomic E-state index is -4.38. The summed E-state index contributed by atoms with van der Waals surface area (Å²) in [5, 5.41) is 0. The molecule has 2 unspecified atom stereocenters. The summed E-state index contributed by atoms with van der Waals surface area (Å²) in [6.07, 6.45) is 54.6. The molecule has 0 saturated carbocycles. The molecule has 10 heteroatoms. The molecule has 3 N–H and O–H groups in total. The smallest absolute Gasteiger partial charge is 0.462 e. The normalized spacial score (nSPS) is 13.4. The molecule has 0 aromatic carbocycles. The summed E-state index contributed by atoms with van der Waals surface area (Å²) in [6.45, 7) is 3.74. The third-order valence-corrected chi connectivity index (χ3v) is 12.0. The number of esters is 2. The fourth-order valence-corrected chi connectivity index (χ4v) is 7.96. The van der Waals surface area contributed by atoms with Crippen LogP contribution in [0, 0.1) is 0 Å². The zero-order valence-electron chi connectivity index (χ0n) is 39.7. The molecule has 0 aliphatic heterocycles. The second-order valence-corrected chi connectivity index (χ2v) is 18.5. The molecule has 0 aliphatic rings. The van der Waals surface area contributed by atoms with Crippen LogP contribution in [0.5, 0.6) is 0 Å².